The predicted octanol–water partition coefficient (Wildman–Crippen LogP) is 3.13. The van der Waals surface area contributed by atoms with Gasteiger partial charge in [0.1, 0.15) is 11.5 Å². The number of nitrogens with zero attached hydrogens (tertiary/aromatic N) is 1. The number of methoxy groups -OCH3 is 2. The fraction of sp³-hybridized carbons (Fsp3) is 0.533. The third kappa shape index (κ3) is 3.54. The molecule has 20 heavy (non-hydrogen) atoms. The zero-order valence-electron chi connectivity index (χ0n) is 12.3. The number of piperidine rings is 1. The Labute approximate surface area is 126 Å². The normalized spacial score (nSPS) is 18.6. The molecule has 0 bridgehead atoms. The van der Waals surface area contributed by atoms with Crippen molar-refractivity contribution in [2.24, 2.45) is 5.92 Å². The van der Waals surface area contributed by atoms with E-state index in [0.29, 0.717) is 5.92 Å². The van der Waals surface area contributed by atoms with Crippen LogP contribution in [0.2, 0.25) is 0 Å². The molecule has 1 aromatic carbocycles. The van der Waals surface area contributed by atoms with Gasteiger partial charge in [0.05, 0.1) is 19.9 Å². The molecular weight excluding hydrogens is 272 g/mol. The summed E-state index contributed by atoms with van der Waals surface area (Å²) in [6.07, 6.45) is 2.48. The number of hydrogen-bond acceptors (Lipinski definition) is 3. The van der Waals surface area contributed by atoms with Gasteiger partial charge in [0.15, 0.2) is 5.11 Å². The zero-order valence-corrected chi connectivity index (χ0v) is 13.1. The van der Waals surface area contributed by atoms with Crippen LogP contribution in [0.1, 0.15) is 19.8 Å². The van der Waals surface area contributed by atoms with Crippen LogP contribution >= 0.6 is 12.2 Å². The molecule has 1 aromatic rings. The number of benzene rings is 1. The molecule has 2 rings (SSSR count). The minimum absolute atomic E-state index is 0.696. The summed E-state index contributed by atoms with van der Waals surface area (Å²) in [5, 5.41) is 4.04. The second kappa shape index (κ2) is 6.79. The smallest absolute Gasteiger partial charge is 0.173 e. The molecule has 1 aliphatic heterocycles. The van der Waals surface area contributed by atoms with Gasteiger partial charge in [-0.15, -0.1) is 0 Å². The van der Waals surface area contributed by atoms with Crippen molar-refractivity contribution in [3.63, 3.8) is 0 Å². The fourth-order valence-corrected chi connectivity index (χ4v) is 2.75. The lowest BCUT2D eigenvalue weighted by atomic mass is 10.0. The first-order chi connectivity index (χ1) is 9.63. The molecule has 1 aliphatic rings. The van der Waals surface area contributed by atoms with Gasteiger partial charge in [-0.3, -0.25) is 0 Å². The lowest BCUT2D eigenvalue weighted by Crippen LogP contribution is -2.41. The highest BCUT2D eigenvalue weighted by molar-refractivity contribution is 7.80. The molecule has 1 heterocycles. The molecule has 1 atom stereocenters. The topological polar surface area (TPSA) is 33.7 Å². The minimum Gasteiger partial charge on any atom is -0.497 e. The second-order valence-corrected chi connectivity index (χ2v) is 5.58. The van der Waals surface area contributed by atoms with Crippen molar-refractivity contribution in [2.45, 2.75) is 19.8 Å². The molecule has 0 aliphatic carbocycles. The predicted molar refractivity (Wildman–Crippen MR) is 85.7 cm³/mol. The Morgan fingerprint density at radius 1 is 1.35 bits per heavy atom. The summed E-state index contributed by atoms with van der Waals surface area (Å²) in [5.74, 6) is 2.20. The van der Waals surface area contributed by atoms with Gasteiger partial charge in [0, 0.05) is 19.2 Å². The van der Waals surface area contributed by atoms with Crippen LogP contribution in [0.4, 0.5) is 5.69 Å². The maximum absolute atomic E-state index is 5.51. The Bertz CT molecular complexity index is 479. The van der Waals surface area contributed by atoms with Crippen molar-refractivity contribution in [2.75, 3.05) is 32.6 Å². The average molecular weight is 294 g/mol. The Kier molecular flexibility index (Phi) is 5.06. The number of anilines is 1. The first-order valence-corrected chi connectivity index (χ1v) is 7.33. The molecule has 4 nitrogen and oxygen atoms in total. The lowest BCUT2D eigenvalue weighted by molar-refractivity contribution is 0.276. The van der Waals surface area contributed by atoms with Gasteiger partial charge < -0.3 is 19.7 Å². The van der Waals surface area contributed by atoms with E-state index < -0.39 is 0 Å². The van der Waals surface area contributed by atoms with Gasteiger partial charge >= 0.3 is 0 Å². The maximum atomic E-state index is 5.51. The van der Waals surface area contributed by atoms with Crippen molar-refractivity contribution in [3.8, 4) is 11.5 Å². The number of hydrogen-bond donors (Lipinski definition) is 1. The summed E-state index contributed by atoms with van der Waals surface area (Å²) in [6, 6.07) is 5.67. The van der Waals surface area contributed by atoms with Gasteiger partial charge in [-0.05, 0) is 43.1 Å². The van der Waals surface area contributed by atoms with Crippen LogP contribution in [0.15, 0.2) is 18.2 Å². The summed E-state index contributed by atoms with van der Waals surface area (Å²) in [6.45, 7) is 4.31. The quantitative estimate of drug-likeness (QED) is 0.866. The van der Waals surface area contributed by atoms with E-state index >= 15 is 0 Å². The first-order valence-electron chi connectivity index (χ1n) is 6.92. The summed E-state index contributed by atoms with van der Waals surface area (Å²) < 4.78 is 10.6. The number of likely N-dealkylation sites (tertiary alicyclic amines) is 1. The van der Waals surface area contributed by atoms with Gasteiger partial charge in [-0.1, -0.05) is 6.92 Å². The van der Waals surface area contributed by atoms with E-state index in [4.69, 9.17) is 21.7 Å². The molecule has 0 saturated carbocycles. The van der Waals surface area contributed by atoms with Crippen molar-refractivity contribution in [1.29, 1.82) is 0 Å². The van der Waals surface area contributed by atoms with Crippen LogP contribution in [0.5, 0.6) is 11.5 Å². The Hall–Kier alpha value is -1.49. The molecule has 1 fully saturated rings. The van der Waals surface area contributed by atoms with Gasteiger partial charge in [0.2, 0.25) is 0 Å². The molecule has 0 spiro atoms. The first kappa shape index (κ1) is 14.9. The number of rotatable bonds is 3. The lowest BCUT2D eigenvalue weighted by Gasteiger charge is -2.33. The van der Waals surface area contributed by atoms with Crippen molar-refractivity contribution >= 4 is 23.0 Å². The van der Waals surface area contributed by atoms with Crippen LogP contribution in [-0.4, -0.2) is 37.3 Å². The van der Waals surface area contributed by atoms with Crippen LogP contribution < -0.4 is 14.8 Å². The van der Waals surface area contributed by atoms with E-state index in [1.54, 1.807) is 14.2 Å². The summed E-state index contributed by atoms with van der Waals surface area (Å²) in [4.78, 5) is 2.23. The van der Waals surface area contributed by atoms with E-state index in [1.165, 1.54) is 12.8 Å². The minimum atomic E-state index is 0.696. The molecule has 1 unspecified atom stereocenters. The molecule has 0 aromatic heterocycles. The highest BCUT2D eigenvalue weighted by Crippen LogP contribution is 2.29. The van der Waals surface area contributed by atoms with Crippen LogP contribution in [0, 0.1) is 5.92 Å². The number of ether oxygens (including phenoxy) is 2. The Balaban J connectivity index is 2.07. The third-order valence-corrected chi connectivity index (χ3v) is 3.95. The van der Waals surface area contributed by atoms with Crippen LogP contribution in [-0.2, 0) is 0 Å². The maximum Gasteiger partial charge on any atom is 0.173 e. The number of nitrogens with one attached hydrogen (secondary N) is 1. The zero-order chi connectivity index (χ0) is 14.5. The van der Waals surface area contributed by atoms with Gasteiger partial charge in [-0.2, -0.15) is 0 Å². The molecule has 1 N–H and O–H groups in total. The summed E-state index contributed by atoms with van der Waals surface area (Å²) in [7, 11) is 3.29. The molecule has 1 saturated heterocycles. The van der Waals surface area contributed by atoms with Crippen molar-refractivity contribution < 1.29 is 9.47 Å². The standard InChI is InChI=1S/C15H22N2O2S/c1-11-5-4-8-17(10-11)15(20)16-13-7-6-12(18-2)9-14(13)19-3/h6-7,9,11H,4-5,8,10H2,1-3H3,(H,16,20). The monoisotopic (exact) mass is 294 g/mol. The van der Waals surface area contributed by atoms with Crippen molar-refractivity contribution in [3.05, 3.63) is 18.2 Å². The molecule has 0 amide bonds. The van der Waals surface area contributed by atoms with Crippen molar-refractivity contribution in [1.82, 2.24) is 4.90 Å². The Morgan fingerprint density at radius 3 is 2.80 bits per heavy atom. The van der Waals surface area contributed by atoms with Crippen LogP contribution in [0.25, 0.3) is 0 Å². The molecular formula is C15H22N2O2S. The van der Waals surface area contributed by atoms with Gasteiger partial charge in [0.25, 0.3) is 0 Å². The highest BCUT2D eigenvalue weighted by Gasteiger charge is 2.19. The highest BCUT2D eigenvalue weighted by atomic mass is 32.1. The SMILES string of the molecule is COc1ccc(NC(=S)N2CCCC(C)C2)c(OC)c1. The van der Waals surface area contributed by atoms with E-state index in [9.17, 15) is 0 Å². The molecule has 0 radical (unpaired) electrons. The van der Waals surface area contributed by atoms with Gasteiger partial charge in [-0.25, -0.2) is 0 Å². The number of thiocarbonyl (C=S) groups is 1. The van der Waals surface area contributed by atoms with E-state index in [0.717, 1.165) is 35.4 Å². The average Bonchev–Trinajstić information content (AvgIpc) is 2.47. The molecule has 110 valence electrons. The summed E-state index contributed by atoms with van der Waals surface area (Å²) in [5.41, 5.74) is 0.872. The van der Waals surface area contributed by atoms with E-state index in [2.05, 4.69) is 17.1 Å². The largest absolute Gasteiger partial charge is 0.497 e. The summed E-state index contributed by atoms with van der Waals surface area (Å²) >= 11 is 5.51. The third-order valence-electron chi connectivity index (χ3n) is 3.59. The second-order valence-electron chi connectivity index (χ2n) is 5.19. The van der Waals surface area contributed by atoms with E-state index in [1.807, 2.05) is 18.2 Å². The van der Waals surface area contributed by atoms with Crippen LogP contribution in [0.3, 0.4) is 0 Å². The molecule has 5 heteroatoms. The Morgan fingerprint density at radius 2 is 2.15 bits per heavy atom. The van der Waals surface area contributed by atoms with E-state index in [-0.39, 0.29) is 0 Å². The fourth-order valence-electron chi connectivity index (χ4n) is 2.47.